The van der Waals surface area contributed by atoms with Gasteiger partial charge in [-0.2, -0.15) is 0 Å². The van der Waals surface area contributed by atoms with Crippen molar-refractivity contribution in [2.75, 3.05) is 11.1 Å². The lowest BCUT2D eigenvalue weighted by molar-refractivity contribution is 0.584. The van der Waals surface area contributed by atoms with Crippen molar-refractivity contribution < 1.29 is 8.78 Å². The zero-order chi connectivity index (χ0) is 10.7. The molecule has 1 atom stereocenters. The van der Waals surface area contributed by atoms with Crippen LogP contribution in [-0.4, -0.2) is 6.04 Å². The number of anilines is 2. The summed E-state index contributed by atoms with van der Waals surface area (Å²) in [5.74, 6) is -1.31. The Morgan fingerprint density at radius 1 is 1.43 bits per heavy atom. The molecule has 0 saturated heterocycles. The summed E-state index contributed by atoms with van der Waals surface area (Å²) >= 11 is 0. The van der Waals surface area contributed by atoms with E-state index in [-0.39, 0.29) is 17.4 Å². The summed E-state index contributed by atoms with van der Waals surface area (Å²) in [4.78, 5) is 0. The van der Waals surface area contributed by atoms with Gasteiger partial charge in [0.15, 0.2) is 5.82 Å². The molecule has 0 heterocycles. The number of hydrogen-bond donors (Lipinski definition) is 2. The highest BCUT2D eigenvalue weighted by molar-refractivity contribution is 5.67. The zero-order valence-electron chi connectivity index (χ0n) is 8.27. The van der Waals surface area contributed by atoms with Gasteiger partial charge in [-0.1, -0.05) is 6.92 Å². The molecule has 4 heteroatoms. The second kappa shape index (κ2) is 4.26. The topological polar surface area (TPSA) is 38.0 Å². The van der Waals surface area contributed by atoms with E-state index in [2.05, 4.69) is 5.32 Å². The van der Waals surface area contributed by atoms with Crippen LogP contribution in [0.25, 0.3) is 0 Å². The molecule has 0 aromatic heterocycles. The van der Waals surface area contributed by atoms with Gasteiger partial charge < -0.3 is 11.1 Å². The van der Waals surface area contributed by atoms with Crippen molar-refractivity contribution in [3.63, 3.8) is 0 Å². The van der Waals surface area contributed by atoms with Crippen LogP contribution in [0.15, 0.2) is 12.1 Å². The van der Waals surface area contributed by atoms with E-state index < -0.39 is 11.6 Å². The van der Waals surface area contributed by atoms with Gasteiger partial charge in [-0.3, -0.25) is 0 Å². The highest BCUT2D eigenvalue weighted by Gasteiger charge is 2.10. The average Bonchev–Trinajstić information content (AvgIpc) is 2.10. The molecule has 1 aromatic rings. The van der Waals surface area contributed by atoms with E-state index in [4.69, 9.17) is 5.73 Å². The predicted molar refractivity (Wildman–Crippen MR) is 54.1 cm³/mol. The van der Waals surface area contributed by atoms with Crippen LogP contribution in [0, 0.1) is 11.6 Å². The summed E-state index contributed by atoms with van der Waals surface area (Å²) in [6.07, 6.45) is 0.844. The molecule has 2 nitrogen and oxygen atoms in total. The Balaban J connectivity index is 2.96. The fraction of sp³-hybridized carbons (Fsp3) is 0.400. The Morgan fingerprint density at radius 2 is 2.07 bits per heavy atom. The third kappa shape index (κ3) is 2.34. The van der Waals surface area contributed by atoms with E-state index >= 15 is 0 Å². The van der Waals surface area contributed by atoms with E-state index in [1.807, 2.05) is 13.8 Å². The minimum atomic E-state index is -0.658. The van der Waals surface area contributed by atoms with Crippen LogP contribution >= 0.6 is 0 Å². The smallest absolute Gasteiger partial charge is 0.151 e. The van der Waals surface area contributed by atoms with Crippen molar-refractivity contribution in [3.8, 4) is 0 Å². The van der Waals surface area contributed by atoms with Crippen LogP contribution in [0.4, 0.5) is 20.2 Å². The molecule has 0 fully saturated rings. The lowest BCUT2D eigenvalue weighted by Crippen LogP contribution is -2.16. The minimum absolute atomic E-state index is 0.0998. The maximum Gasteiger partial charge on any atom is 0.151 e. The molecule has 0 aliphatic rings. The Bertz CT molecular complexity index is 303. The van der Waals surface area contributed by atoms with Crippen LogP contribution in [0.3, 0.4) is 0 Å². The lowest BCUT2D eigenvalue weighted by Gasteiger charge is -2.15. The first-order valence-electron chi connectivity index (χ1n) is 4.55. The summed E-state index contributed by atoms with van der Waals surface area (Å²) in [7, 11) is 0. The number of rotatable bonds is 3. The molecular weight excluding hydrogens is 186 g/mol. The highest BCUT2D eigenvalue weighted by Crippen LogP contribution is 2.24. The standard InChI is InChI=1S/C10H14F2N2/c1-3-6(2)14-10-8(12)4-7(11)5-9(10)13/h4-6,14H,3,13H2,1-2H3. The second-order valence-corrected chi connectivity index (χ2v) is 3.31. The van der Waals surface area contributed by atoms with Crippen molar-refractivity contribution in [1.82, 2.24) is 0 Å². The summed E-state index contributed by atoms with van der Waals surface area (Å²) in [6, 6.07) is 2.03. The van der Waals surface area contributed by atoms with Crippen molar-refractivity contribution in [3.05, 3.63) is 23.8 Å². The molecule has 0 amide bonds. The van der Waals surface area contributed by atoms with Gasteiger partial charge in [0.25, 0.3) is 0 Å². The van der Waals surface area contributed by atoms with Crippen LogP contribution < -0.4 is 11.1 Å². The summed E-state index contributed by atoms with van der Waals surface area (Å²) in [6.45, 7) is 3.87. The first-order valence-corrected chi connectivity index (χ1v) is 4.55. The van der Waals surface area contributed by atoms with Gasteiger partial charge in [0.1, 0.15) is 5.82 Å². The zero-order valence-corrected chi connectivity index (χ0v) is 8.27. The predicted octanol–water partition coefficient (Wildman–Crippen LogP) is 2.76. The van der Waals surface area contributed by atoms with Crippen LogP contribution in [-0.2, 0) is 0 Å². The fourth-order valence-electron chi connectivity index (χ4n) is 1.09. The molecule has 0 saturated carbocycles. The lowest BCUT2D eigenvalue weighted by atomic mass is 10.2. The van der Waals surface area contributed by atoms with Crippen LogP contribution in [0.5, 0.6) is 0 Å². The maximum atomic E-state index is 13.2. The molecule has 3 N–H and O–H groups in total. The monoisotopic (exact) mass is 200 g/mol. The number of nitrogens with one attached hydrogen (secondary N) is 1. The highest BCUT2D eigenvalue weighted by atomic mass is 19.1. The van der Waals surface area contributed by atoms with E-state index in [1.54, 1.807) is 0 Å². The summed E-state index contributed by atoms with van der Waals surface area (Å²) < 4.78 is 25.9. The number of hydrogen-bond acceptors (Lipinski definition) is 2. The molecule has 1 unspecified atom stereocenters. The molecule has 0 aliphatic carbocycles. The quantitative estimate of drug-likeness (QED) is 0.736. The maximum absolute atomic E-state index is 13.2. The van der Waals surface area contributed by atoms with Gasteiger partial charge in [-0.25, -0.2) is 8.78 Å². The van der Waals surface area contributed by atoms with Crippen LogP contribution in [0.1, 0.15) is 20.3 Å². The Hall–Kier alpha value is -1.32. The first kappa shape index (κ1) is 10.8. The molecule has 0 bridgehead atoms. The van der Waals surface area contributed by atoms with Gasteiger partial charge in [0.2, 0.25) is 0 Å². The fourth-order valence-corrected chi connectivity index (χ4v) is 1.09. The second-order valence-electron chi connectivity index (χ2n) is 3.31. The first-order chi connectivity index (χ1) is 6.54. The van der Waals surface area contributed by atoms with Crippen molar-refractivity contribution in [2.45, 2.75) is 26.3 Å². The molecule has 0 aliphatic heterocycles. The van der Waals surface area contributed by atoms with Gasteiger partial charge in [-0.15, -0.1) is 0 Å². The largest absolute Gasteiger partial charge is 0.397 e. The van der Waals surface area contributed by atoms with E-state index in [9.17, 15) is 8.78 Å². The molecule has 1 aromatic carbocycles. The normalized spacial score (nSPS) is 12.6. The summed E-state index contributed by atoms with van der Waals surface area (Å²) in [5.41, 5.74) is 5.76. The number of nitrogen functional groups attached to an aromatic ring is 1. The third-order valence-electron chi connectivity index (χ3n) is 2.09. The Morgan fingerprint density at radius 3 is 2.57 bits per heavy atom. The van der Waals surface area contributed by atoms with E-state index in [0.29, 0.717) is 0 Å². The van der Waals surface area contributed by atoms with Gasteiger partial charge >= 0.3 is 0 Å². The Kier molecular flexibility index (Phi) is 3.28. The van der Waals surface area contributed by atoms with Gasteiger partial charge in [0.05, 0.1) is 11.4 Å². The van der Waals surface area contributed by atoms with Gasteiger partial charge in [0, 0.05) is 12.1 Å². The molecule has 14 heavy (non-hydrogen) atoms. The number of benzene rings is 1. The van der Waals surface area contributed by atoms with Gasteiger partial charge in [-0.05, 0) is 19.4 Å². The molecule has 0 radical (unpaired) electrons. The van der Waals surface area contributed by atoms with E-state index in [1.165, 1.54) is 0 Å². The average molecular weight is 200 g/mol. The third-order valence-corrected chi connectivity index (χ3v) is 2.09. The Labute approximate surface area is 82.1 Å². The van der Waals surface area contributed by atoms with Crippen molar-refractivity contribution >= 4 is 11.4 Å². The molecule has 78 valence electrons. The number of nitrogens with two attached hydrogens (primary N) is 1. The van der Waals surface area contributed by atoms with Crippen molar-refractivity contribution in [1.29, 1.82) is 0 Å². The number of halogens is 2. The molecule has 1 rings (SSSR count). The van der Waals surface area contributed by atoms with Crippen LogP contribution in [0.2, 0.25) is 0 Å². The molecular formula is C10H14F2N2. The van der Waals surface area contributed by atoms with Crippen molar-refractivity contribution in [2.24, 2.45) is 0 Å². The summed E-state index contributed by atoms with van der Waals surface area (Å²) in [5, 5.41) is 2.89. The molecule has 0 spiro atoms. The van der Waals surface area contributed by atoms with E-state index in [0.717, 1.165) is 18.6 Å². The minimum Gasteiger partial charge on any atom is -0.397 e. The SMILES string of the molecule is CCC(C)Nc1c(N)cc(F)cc1F.